The van der Waals surface area contributed by atoms with Gasteiger partial charge >= 0.3 is 0 Å². The van der Waals surface area contributed by atoms with Crippen LogP contribution in [0, 0.1) is 0 Å². The molecule has 3 nitrogen and oxygen atoms in total. The number of hydrogen-bond acceptors (Lipinski definition) is 2. The zero-order valence-electron chi connectivity index (χ0n) is 7.16. The van der Waals surface area contributed by atoms with Gasteiger partial charge in [-0.15, -0.1) is 0 Å². The minimum absolute atomic E-state index is 0.977. The molecule has 0 aliphatic heterocycles. The molecule has 68 valence electrons. The van der Waals surface area contributed by atoms with Gasteiger partial charge in [-0.1, -0.05) is 15.9 Å². The van der Waals surface area contributed by atoms with Gasteiger partial charge in [-0.05, 0) is 18.2 Å². The number of halogens is 1. The van der Waals surface area contributed by atoms with E-state index in [0.29, 0.717) is 0 Å². The van der Waals surface area contributed by atoms with Crippen molar-refractivity contribution in [1.29, 1.82) is 0 Å². The number of aromatic amines is 1. The second-order valence-corrected chi connectivity index (χ2v) is 4.04. The van der Waals surface area contributed by atoms with Crippen LogP contribution in [0.3, 0.4) is 0 Å². The molecule has 4 heteroatoms. The SMILES string of the molecule is Brc1ccc2ncc3cn[nH]c3c2c1. The van der Waals surface area contributed by atoms with Gasteiger partial charge in [0.2, 0.25) is 0 Å². The molecule has 0 atom stereocenters. The number of aromatic nitrogens is 3. The van der Waals surface area contributed by atoms with Crippen molar-refractivity contribution < 1.29 is 0 Å². The van der Waals surface area contributed by atoms with E-state index in [1.54, 1.807) is 6.20 Å². The molecular weight excluding hydrogens is 242 g/mol. The fraction of sp³-hybridized carbons (Fsp3) is 0. The Morgan fingerprint density at radius 2 is 2.14 bits per heavy atom. The Balaban J connectivity index is 2.60. The molecule has 1 aromatic carbocycles. The molecule has 0 spiro atoms. The smallest absolute Gasteiger partial charge is 0.0760 e. The first-order chi connectivity index (χ1) is 6.84. The first-order valence-electron chi connectivity index (χ1n) is 4.22. The maximum Gasteiger partial charge on any atom is 0.0760 e. The third-order valence-corrected chi connectivity index (χ3v) is 2.73. The van der Waals surface area contributed by atoms with Gasteiger partial charge in [-0.3, -0.25) is 10.1 Å². The van der Waals surface area contributed by atoms with E-state index in [2.05, 4.69) is 31.1 Å². The molecule has 0 saturated heterocycles. The van der Waals surface area contributed by atoms with Crippen molar-refractivity contribution in [2.75, 3.05) is 0 Å². The summed E-state index contributed by atoms with van der Waals surface area (Å²) in [4.78, 5) is 4.34. The van der Waals surface area contributed by atoms with Crippen LogP contribution >= 0.6 is 15.9 Å². The lowest BCUT2D eigenvalue weighted by atomic mass is 10.2. The van der Waals surface area contributed by atoms with Crippen LogP contribution in [0.4, 0.5) is 0 Å². The third-order valence-electron chi connectivity index (χ3n) is 2.24. The first kappa shape index (κ1) is 7.94. The highest BCUT2D eigenvalue weighted by Crippen LogP contribution is 2.24. The number of pyridine rings is 1. The molecule has 0 radical (unpaired) electrons. The molecule has 0 fully saturated rings. The van der Waals surface area contributed by atoms with Gasteiger partial charge in [0, 0.05) is 21.4 Å². The summed E-state index contributed by atoms with van der Waals surface area (Å²) in [6, 6.07) is 6.01. The fourth-order valence-electron chi connectivity index (χ4n) is 1.57. The van der Waals surface area contributed by atoms with Crippen LogP contribution in [0.1, 0.15) is 0 Å². The number of fused-ring (bicyclic) bond motifs is 3. The second kappa shape index (κ2) is 2.78. The average molecular weight is 248 g/mol. The van der Waals surface area contributed by atoms with Gasteiger partial charge in [0.1, 0.15) is 0 Å². The number of nitrogens with one attached hydrogen (secondary N) is 1. The quantitative estimate of drug-likeness (QED) is 0.664. The highest BCUT2D eigenvalue weighted by atomic mass is 79.9. The Labute approximate surface area is 88.3 Å². The van der Waals surface area contributed by atoms with Crippen LogP contribution in [0.2, 0.25) is 0 Å². The minimum Gasteiger partial charge on any atom is -0.277 e. The lowest BCUT2D eigenvalue weighted by Gasteiger charge is -1.98. The molecule has 2 heterocycles. The van der Waals surface area contributed by atoms with Crippen molar-refractivity contribution in [3.8, 4) is 0 Å². The zero-order chi connectivity index (χ0) is 9.54. The van der Waals surface area contributed by atoms with E-state index < -0.39 is 0 Å². The van der Waals surface area contributed by atoms with Crippen LogP contribution in [0.5, 0.6) is 0 Å². The molecule has 0 amide bonds. The average Bonchev–Trinajstić information content (AvgIpc) is 2.65. The van der Waals surface area contributed by atoms with Gasteiger partial charge in [0.05, 0.1) is 17.2 Å². The molecule has 0 aliphatic rings. The zero-order valence-corrected chi connectivity index (χ0v) is 8.75. The largest absolute Gasteiger partial charge is 0.277 e. The Kier molecular flexibility index (Phi) is 1.58. The summed E-state index contributed by atoms with van der Waals surface area (Å²) in [6.07, 6.45) is 3.61. The third kappa shape index (κ3) is 1.04. The van der Waals surface area contributed by atoms with Crippen LogP contribution in [0.15, 0.2) is 35.1 Å². The highest BCUT2D eigenvalue weighted by molar-refractivity contribution is 9.10. The van der Waals surface area contributed by atoms with Crippen molar-refractivity contribution in [3.05, 3.63) is 35.1 Å². The highest BCUT2D eigenvalue weighted by Gasteiger charge is 2.03. The van der Waals surface area contributed by atoms with Crippen LogP contribution < -0.4 is 0 Å². The fourth-order valence-corrected chi connectivity index (χ4v) is 1.93. The van der Waals surface area contributed by atoms with E-state index in [9.17, 15) is 0 Å². The molecule has 3 rings (SSSR count). The second-order valence-electron chi connectivity index (χ2n) is 3.12. The summed E-state index contributed by atoms with van der Waals surface area (Å²) >= 11 is 3.44. The van der Waals surface area contributed by atoms with E-state index in [1.807, 2.05) is 24.4 Å². The van der Waals surface area contributed by atoms with E-state index in [1.165, 1.54) is 0 Å². The van der Waals surface area contributed by atoms with Gasteiger partial charge < -0.3 is 0 Å². The number of nitrogens with zero attached hydrogens (tertiary/aromatic N) is 2. The molecule has 3 aromatic rings. The van der Waals surface area contributed by atoms with E-state index in [4.69, 9.17) is 0 Å². The van der Waals surface area contributed by atoms with Crippen molar-refractivity contribution in [2.45, 2.75) is 0 Å². The summed E-state index contributed by atoms with van der Waals surface area (Å²) < 4.78 is 1.05. The molecular formula is C10H6BrN3. The van der Waals surface area contributed by atoms with Crippen LogP contribution in [0.25, 0.3) is 21.8 Å². The predicted molar refractivity (Wildman–Crippen MR) is 59.1 cm³/mol. The first-order valence-corrected chi connectivity index (χ1v) is 5.01. The Bertz CT molecular complexity index is 615. The Morgan fingerprint density at radius 3 is 3.07 bits per heavy atom. The topological polar surface area (TPSA) is 41.6 Å². The van der Waals surface area contributed by atoms with Crippen molar-refractivity contribution >= 4 is 37.7 Å². The maximum absolute atomic E-state index is 4.34. The van der Waals surface area contributed by atoms with E-state index >= 15 is 0 Å². The number of H-pyrrole nitrogens is 1. The normalized spacial score (nSPS) is 11.2. The van der Waals surface area contributed by atoms with Crippen LogP contribution in [-0.4, -0.2) is 15.2 Å². The number of rotatable bonds is 0. The van der Waals surface area contributed by atoms with E-state index in [-0.39, 0.29) is 0 Å². The van der Waals surface area contributed by atoms with Crippen LogP contribution in [-0.2, 0) is 0 Å². The van der Waals surface area contributed by atoms with E-state index in [0.717, 1.165) is 26.3 Å². The summed E-state index contributed by atoms with van der Waals surface area (Å²) in [5, 5.41) is 9.11. The standard InChI is InChI=1S/C10H6BrN3/c11-7-1-2-9-8(3-7)10-6(4-12-9)5-13-14-10/h1-5H,(H,13,14). The molecule has 0 saturated carbocycles. The summed E-state index contributed by atoms with van der Waals surface area (Å²) in [5.74, 6) is 0. The molecule has 14 heavy (non-hydrogen) atoms. The number of benzene rings is 1. The minimum atomic E-state index is 0.977. The van der Waals surface area contributed by atoms with Gasteiger partial charge in [-0.2, -0.15) is 5.10 Å². The monoisotopic (exact) mass is 247 g/mol. The molecule has 0 unspecified atom stereocenters. The van der Waals surface area contributed by atoms with Gasteiger partial charge in [-0.25, -0.2) is 0 Å². The molecule has 1 N–H and O–H groups in total. The predicted octanol–water partition coefficient (Wildman–Crippen LogP) is 2.87. The lowest BCUT2D eigenvalue weighted by molar-refractivity contribution is 1.12. The number of hydrogen-bond donors (Lipinski definition) is 1. The lowest BCUT2D eigenvalue weighted by Crippen LogP contribution is -1.80. The molecule has 2 aromatic heterocycles. The Morgan fingerprint density at radius 1 is 1.21 bits per heavy atom. The van der Waals surface area contributed by atoms with Crippen molar-refractivity contribution in [1.82, 2.24) is 15.2 Å². The van der Waals surface area contributed by atoms with Crippen molar-refractivity contribution in [3.63, 3.8) is 0 Å². The van der Waals surface area contributed by atoms with Gasteiger partial charge in [0.15, 0.2) is 0 Å². The Hall–Kier alpha value is -1.42. The summed E-state index contributed by atoms with van der Waals surface area (Å²) in [7, 11) is 0. The summed E-state index contributed by atoms with van der Waals surface area (Å²) in [5.41, 5.74) is 2.02. The van der Waals surface area contributed by atoms with Gasteiger partial charge in [0.25, 0.3) is 0 Å². The summed E-state index contributed by atoms with van der Waals surface area (Å²) in [6.45, 7) is 0. The molecule has 0 bridgehead atoms. The molecule has 0 aliphatic carbocycles. The van der Waals surface area contributed by atoms with Crippen molar-refractivity contribution in [2.24, 2.45) is 0 Å². The maximum atomic E-state index is 4.34.